The van der Waals surface area contributed by atoms with Gasteiger partial charge in [0, 0.05) is 61.9 Å². The zero-order chi connectivity index (χ0) is 59.0. The SMILES string of the molecule is C=C1/C=C\C=C/c2ccccc2N1c1ccc(N(C2=CC=C(c3ccc(N(c4ccc(-n5c6ccccc6c6ccccc65)cc4)c4cccc5c4-c4ccccc4C54c5ccccc5-c5ccccc54)cc3)CC2)c2ccc(-c3ccccc3)cc2)cc1. The van der Waals surface area contributed by atoms with Crippen LogP contribution in [-0.2, 0) is 5.41 Å². The maximum Gasteiger partial charge on any atom is 0.0726 e. The molecule has 1 spiro atoms. The Morgan fingerprint density at radius 2 is 0.854 bits per heavy atom. The van der Waals surface area contributed by atoms with Crippen molar-refractivity contribution in [3.63, 3.8) is 0 Å². The molecule has 0 saturated carbocycles. The third-order valence-corrected chi connectivity index (χ3v) is 18.8. The van der Waals surface area contributed by atoms with Crippen molar-refractivity contribution in [2.24, 2.45) is 0 Å². The first-order valence-corrected chi connectivity index (χ1v) is 30.9. The van der Waals surface area contributed by atoms with Gasteiger partial charge in [-0.3, -0.25) is 0 Å². The molecule has 0 saturated heterocycles. The molecule has 420 valence electrons. The smallest absolute Gasteiger partial charge is 0.0726 e. The molecule has 3 aliphatic carbocycles. The van der Waals surface area contributed by atoms with Crippen molar-refractivity contribution >= 4 is 73.3 Å². The first-order valence-electron chi connectivity index (χ1n) is 30.9. The van der Waals surface area contributed by atoms with Crippen LogP contribution in [0.15, 0.2) is 340 Å². The summed E-state index contributed by atoms with van der Waals surface area (Å²) in [5.41, 5.74) is 29.4. The number of rotatable bonds is 10. The van der Waals surface area contributed by atoms with Crippen molar-refractivity contribution in [1.29, 1.82) is 0 Å². The van der Waals surface area contributed by atoms with Crippen LogP contribution < -0.4 is 14.7 Å². The quantitative estimate of drug-likeness (QED) is 0.136. The van der Waals surface area contributed by atoms with Crippen LogP contribution in [0.25, 0.3) is 72.5 Å². The average Bonchev–Trinajstić information content (AvgIpc) is 1.51. The van der Waals surface area contributed by atoms with Crippen LogP contribution in [0.1, 0.15) is 46.2 Å². The summed E-state index contributed by atoms with van der Waals surface area (Å²) in [6.07, 6.45) is 14.8. The molecule has 0 N–H and O–H groups in total. The van der Waals surface area contributed by atoms with Crippen molar-refractivity contribution in [2.45, 2.75) is 18.3 Å². The zero-order valence-electron chi connectivity index (χ0n) is 49.1. The number of aromatic nitrogens is 1. The second-order valence-electron chi connectivity index (χ2n) is 23.6. The van der Waals surface area contributed by atoms with Crippen molar-refractivity contribution in [3.8, 4) is 39.1 Å². The molecule has 4 nitrogen and oxygen atoms in total. The van der Waals surface area contributed by atoms with Gasteiger partial charge < -0.3 is 19.3 Å². The highest BCUT2D eigenvalue weighted by atomic mass is 15.2. The minimum Gasteiger partial charge on any atom is -0.314 e. The number of para-hydroxylation sites is 3. The number of nitrogens with zero attached hydrogens (tertiary/aromatic N) is 4. The monoisotopic (exact) mass is 1140 g/mol. The van der Waals surface area contributed by atoms with Gasteiger partial charge in [-0.05, 0) is 189 Å². The van der Waals surface area contributed by atoms with E-state index in [0.29, 0.717) is 0 Å². The third-order valence-electron chi connectivity index (χ3n) is 18.8. The molecule has 0 unspecified atom stereocenters. The summed E-state index contributed by atoms with van der Waals surface area (Å²) in [4.78, 5) is 7.18. The number of hydrogen-bond acceptors (Lipinski definition) is 3. The zero-order valence-corrected chi connectivity index (χ0v) is 49.1. The minimum atomic E-state index is -0.472. The van der Waals surface area contributed by atoms with E-state index in [2.05, 4.69) is 353 Å². The van der Waals surface area contributed by atoms with Gasteiger partial charge in [-0.2, -0.15) is 0 Å². The Kier molecular flexibility index (Phi) is 12.4. The van der Waals surface area contributed by atoms with Crippen LogP contribution in [0.5, 0.6) is 0 Å². The van der Waals surface area contributed by atoms with E-state index < -0.39 is 5.41 Å². The van der Waals surface area contributed by atoms with Crippen LogP contribution in [0, 0.1) is 0 Å². The standard InChI is InChI=1S/C85H60N4/c1-58-20-5-6-23-63-24-7-16-34-80(63)86(58)64-50-52-67(53-51-64)87(65-44-38-60(39-45-65)59-21-3-2-4-22-59)66-46-40-61(41-47-66)62-42-48-68(49-43-62)88(69-54-56-70(57-55-69)89-81-35-17-11-27-73(81)74-28-12-18-36-82(74)89)83-37-19-33-79-84(83)75-29-10-15-32-78(75)85(79)76-30-13-8-25-71(76)72-26-9-14-31-77(72)85/h2-40,42-46,48-57H,1,41,47H2/b20-5-,23-6-. The first-order chi connectivity index (χ1) is 44.1. The Morgan fingerprint density at radius 1 is 0.360 bits per heavy atom. The molecule has 1 aliphatic heterocycles. The maximum atomic E-state index is 4.50. The molecule has 0 atom stereocenters. The van der Waals surface area contributed by atoms with Gasteiger partial charge in [0.05, 0.1) is 27.8 Å². The van der Waals surface area contributed by atoms with Gasteiger partial charge in [0.1, 0.15) is 0 Å². The molecule has 4 heteroatoms. The van der Waals surface area contributed by atoms with E-state index >= 15 is 0 Å². The summed E-state index contributed by atoms with van der Waals surface area (Å²) in [5, 5.41) is 2.50. The number of anilines is 7. The fourth-order valence-corrected chi connectivity index (χ4v) is 14.9. The number of allylic oxidation sites excluding steroid dienone is 7. The van der Waals surface area contributed by atoms with E-state index in [9.17, 15) is 0 Å². The molecule has 1 aromatic heterocycles. The molecular weight excluding hydrogens is 1080 g/mol. The molecule has 17 rings (SSSR count). The molecule has 12 aromatic carbocycles. The largest absolute Gasteiger partial charge is 0.314 e. The Balaban J connectivity index is 0.765. The summed E-state index contributed by atoms with van der Waals surface area (Å²) < 4.78 is 2.41. The predicted octanol–water partition coefficient (Wildman–Crippen LogP) is 22.4. The fourth-order valence-electron chi connectivity index (χ4n) is 14.9. The van der Waals surface area contributed by atoms with Crippen LogP contribution in [-0.4, -0.2) is 4.57 Å². The normalized spacial score (nSPS) is 14.8. The molecule has 13 aromatic rings. The highest BCUT2D eigenvalue weighted by molar-refractivity contribution is 6.09. The van der Waals surface area contributed by atoms with Gasteiger partial charge in [0.15, 0.2) is 0 Å². The Morgan fingerprint density at radius 3 is 1.49 bits per heavy atom. The Labute approximate surface area is 519 Å². The van der Waals surface area contributed by atoms with Crippen LogP contribution in [0.3, 0.4) is 0 Å². The summed E-state index contributed by atoms with van der Waals surface area (Å²) >= 11 is 0. The second-order valence-corrected chi connectivity index (χ2v) is 23.6. The highest BCUT2D eigenvalue weighted by Gasteiger charge is 2.52. The van der Waals surface area contributed by atoms with Gasteiger partial charge in [-0.1, -0.05) is 225 Å². The van der Waals surface area contributed by atoms with Crippen LogP contribution in [0.4, 0.5) is 39.8 Å². The summed E-state index contributed by atoms with van der Waals surface area (Å²) in [6.45, 7) is 4.50. The van der Waals surface area contributed by atoms with Crippen LogP contribution >= 0.6 is 0 Å². The molecule has 0 fully saturated rings. The maximum absolute atomic E-state index is 4.50. The molecule has 89 heavy (non-hydrogen) atoms. The van der Waals surface area contributed by atoms with Crippen molar-refractivity contribution in [2.75, 3.05) is 14.7 Å². The highest BCUT2D eigenvalue weighted by Crippen LogP contribution is 2.65. The number of fused-ring (bicyclic) bond motifs is 14. The van der Waals surface area contributed by atoms with E-state index in [1.807, 2.05) is 0 Å². The molecule has 0 radical (unpaired) electrons. The molecular formula is C85H60N4. The van der Waals surface area contributed by atoms with Crippen molar-refractivity contribution in [1.82, 2.24) is 4.57 Å². The van der Waals surface area contributed by atoms with Gasteiger partial charge in [0.25, 0.3) is 0 Å². The van der Waals surface area contributed by atoms with E-state index in [4.69, 9.17) is 0 Å². The second kappa shape index (κ2) is 21.2. The third kappa shape index (κ3) is 8.36. The van der Waals surface area contributed by atoms with Gasteiger partial charge in [0.2, 0.25) is 0 Å². The van der Waals surface area contributed by atoms with Crippen molar-refractivity contribution in [3.05, 3.63) is 373 Å². The lowest BCUT2D eigenvalue weighted by molar-refractivity contribution is 0.794. The average molecular weight is 1140 g/mol. The first kappa shape index (κ1) is 51.9. The minimum absolute atomic E-state index is 0.472. The number of benzene rings is 12. The molecule has 2 heterocycles. The number of hydrogen-bond donors (Lipinski definition) is 0. The Hall–Kier alpha value is -11.5. The topological polar surface area (TPSA) is 14.7 Å². The summed E-state index contributed by atoms with van der Waals surface area (Å²) in [7, 11) is 0. The molecule has 4 aliphatic rings. The summed E-state index contributed by atoms with van der Waals surface area (Å²) in [5.74, 6) is 0. The fraction of sp³-hybridized carbons (Fsp3) is 0.0353. The van der Waals surface area contributed by atoms with Gasteiger partial charge in [-0.25, -0.2) is 0 Å². The van der Waals surface area contributed by atoms with Gasteiger partial charge in [-0.15, -0.1) is 0 Å². The predicted molar refractivity (Wildman–Crippen MR) is 373 cm³/mol. The Bertz CT molecular complexity index is 4980. The molecule has 0 bridgehead atoms. The lowest BCUT2D eigenvalue weighted by Crippen LogP contribution is -2.26. The summed E-state index contributed by atoms with van der Waals surface area (Å²) in [6, 6.07) is 107. The van der Waals surface area contributed by atoms with E-state index in [-0.39, 0.29) is 0 Å². The van der Waals surface area contributed by atoms with Crippen LogP contribution in [0.2, 0.25) is 0 Å². The lowest BCUT2D eigenvalue weighted by Gasteiger charge is -2.32. The van der Waals surface area contributed by atoms with E-state index in [0.717, 1.165) is 69.6 Å². The van der Waals surface area contributed by atoms with Crippen molar-refractivity contribution < 1.29 is 0 Å². The van der Waals surface area contributed by atoms with E-state index in [1.54, 1.807) is 0 Å². The molecule has 0 amide bonds. The van der Waals surface area contributed by atoms with Gasteiger partial charge >= 0.3 is 0 Å². The van der Waals surface area contributed by atoms with E-state index in [1.165, 1.54) is 94.3 Å². The lowest BCUT2D eigenvalue weighted by atomic mass is 9.70.